The second-order valence-corrected chi connectivity index (χ2v) is 6.90. The Balaban J connectivity index is 1.81. The van der Waals surface area contributed by atoms with Gasteiger partial charge in [-0.15, -0.1) is 11.8 Å². The van der Waals surface area contributed by atoms with Gasteiger partial charge in [0.05, 0.1) is 5.25 Å². The van der Waals surface area contributed by atoms with Crippen molar-refractivity contribution in [1.29, 1.82) is 0 Å². The summed E-state index contributed by atoms with van der Waals surface area (Å²) < 4.78 is 0. The van der Waals surface area contributed by atoms with Gasteiger partial charge < -0.3 is 5.32 Å². The summed E-state index contributed by atoms with van der Waals surface area (Å²) in [6, 6.07) is 0.368. The second kappa shape index (κ2) is 5.58. The van der Waals surface area contributed by atoms with E-state index in [-0.39, 0.29) is 11.2 Å². The fourth-order valence-electron chi connectivity index (χ4n) is 2.31. The highest BCUT2D eigenvalue weighted by atomic mass is 79.9. The monoisotopic (exact) mass is 291 g/mol. The zero-order valence-electron chi connectivity index (χ0n) is 8.88. The highest BCUT2D eigenvalue weighted by molar-refractivity contribution is 9.09. The topological polar surface area (TPSA) is 29.1 Å². The maximum Gasteiger partial charge on any atom is 0.233 e. The predicted molar refractivity (Wildman–Crippen MR) is 68.6 cm³/mol. The van der Waals surface area contributed by atoms with E-state index in [9.17, 15) is 4.79 Å². The van der Waals surface area contributed by atoms with Gasteiger partial charge in [-0.2, -0.15) is 0 Å². The minimum absolute atomic E-state index is 0.228. The van der Waals surface area contributed by atoms with E-state index in [1.807, 2.05) is 11.8 Å². The number of alkyl halides is 1. The molecule has 0 bridgehead atoms. The van der Waals surface area contributed by atoms with E-state index in [0.717, 1.165) is 18.6 Å². The molecule has 1 aliphatic heterocycles. The lowest BCUT2D eigenvalue weighted by Gasteiger charge is -2.29. The Morgan fingerprint density at radius 1 is 1.20 bits per heavy atom. The number of halogens is 1. The first-order valence-corrected chi connectivity index (χ1v) is 7.80. The van der Waals surface area contributed by atoms with Crippen molar-refractivity contribution in [1.82, 2.24) is 5.32 Å². The van der Waals surface area contributed by atoms with Crippen molar-refractivity contribution >= 4 is 33.6 Å². The summed E-state index contributed by atoms with van der Waals surface area (Å²) in [6.07, 6.45) is 7.15. The van der Waals surface area contributed by atoms with Crippen LogP contribution in [-0.2, 0) is 4.79 Å². The first-order chi connectivity index (χ1) is 7.27. The van der Waals surface area contributed by atoms with E-state index in [0.29, 0.717) is 10.9 Å². The van der Waals surface area contributed by atoms with E-state index in [2.05, 4.69) is 21.2 Å². The van der Waals surface area contributed by atoms with Crippen molar-refractivity contribution in [2.24, 2.45) is 0 Å². The largest absolute Gasteiger partial charge is 0.351 e. The van der Waals surface area contributed by atoms with Crippen LogP contribution < -0.4 is 5.32 Å². The summed E-state index contributed by atoms with van der Waals surface area (Å²) in [5, 5.41) is 3.43. The molecule has 1 N–H and O–H groups in total. The van der Waals surface area contributed by atoms with Crippen LogP contribution in [0, 0.1) is 0 Å². The third kappa shape index (κ3) is 3.13. The second-order valence-electron chi connectivity index (χ2n) is 4.42. The Bertz CT molecular complexity index is 231. The molecule has 3 atom stereocenters. The number of nitrogens with one attached hydrogen (secondary N) is 1. The smallest absolute Gasteiger partial charge is 0.233 e. The lowest BCUT2D eigenvalue weighted by Crippen LogP contribution is -2.45. The molecule has 1 heterocycles. The first-order valence-electron chi connectivity index (χ1n) is 5.83. The molecule has 3 unspecified atom stereocenters. The van der Waals surface area contributed by atoms with Gasteiger partial charge in [-0.3, -0.25) is 4.79 Å². The third-order valence-electron chi connectivity index (χ3n) is 3.23. The summed E-state index contributed by atoms with van der Waals surface area (Å²) in [7, 11) is 0. The molecule has 0 spiro atoms. The normalized spacial score (nSPS) is 36.5. The molecule has 2 fully saturated rings. The molecule has 0 aromatic rings. The van der Waals surface area contributed by atoms with Crippen LogP contribution in [0.25, 0.3) is 0 Å². The van der Waals surface area contributed by atoms with Gasteiger partial charge >= 0.3 is 0 Å². The molecule has 4 heteroatoms. The minimum atomic E-state index is 0.228. The minimum Gasteiger partial charge on any atom is -0.351 e. The molecule has 15 heavy (non-hydrogen) atoms. The van der Waals surface area contributed by atoms with Crippen LogP contribution in [0.2, 0.25) is 0 Å². The van der Waals surface area contributed by atoms with Crippen molar-refractivity contribution in [3.8, 4) is 0 Å². The van der Waals surface area contributed by atoms with Gasteiger partial charge in [0.15, 0.2) is 0 Å². The molecule has 2 nitrogen and oxygen atoms in total. The standard InChI is InChI=1S/C11H18BrNOS/c12-8-4-1-2-5-9(8)13-11(14)10-6-3-7-15-10/h8-10H,1-7H2,(H,13,14). The number of hydrogen-bond acceptors (Lipinski definition) is 2. The van der Waals surface area contributed by atoms with Gasteiger partial charge in [0.25, 0.3) is 0 Å². The number of thioether (sulfide) groups is 1. The number of hydrogen-bond donors (Lipinski definition) is 1. The lowest BCUT2D eigenvalue weighted by molar-refractivity contribution is -0.121. The fourth-order valence-corrected chi connectivity index (χ4v) is 4.20. The Kier molecular flexibility index (Phi) is 4.38. The average molecular weight is 292 g/mol. The van der Waals surface area contributed by atoms with Crippen LogP contribution in [0.3, 0.4) is 0 Å². The molecule has 0 aromatic carbocycles. The maximum absolute atomic E-state index is 11.9. The van der Waals surface area contributed by atoms with Gasteiger partial charge in [-0.25, -0.2) is 0 Å². The Labute approximate surface area is 104 Å². The zero-order valence-corrected chi connectivity index (χ0v) is 11.3. The van der Waals surface area contributed by atoms with Crippen LogP contribution in [0.5, 0.6) is 0 Å². The summed E-state index contributed by atoms with van der Waals surface area (Å²) in [4.78, 5) is 12.4. The molecule has 1 saturated heterocycles. The number of rotatable bonds is 2. The van der Waals surface area contributed by atoms with Crippen molar-refractivity contribution in [3.63, 3.8) is 0 Å². The summed E-state index contributed by atoms with van der Waals surface area (Å²) in [5.41, 5.74) is 0. The van der Waals surface area contributed by atoms with E-state index < -0.39 is 0 Å². The summed E-state index contributed by atoms with van der Waals surface area (Å²) in [5.74, 6) is 1.43. The van der Waals surface area contributed by atoms with Crippen LogP contribution in [0.15, 0.2) is 0 Å². The van der Waals surface area contributed by atoms with E-state index in [4.69, 9.17) is 0 Å². The lowest BCUT2D eigenvalue weighted by atomic mass is 9.95. The number of carbonyl (C=O) groups excluding carboxylic acids is 1. The van der Waals surface area contributed by atoms with Crippen LogP contribution in [0.4, 0.5) is 0 Å². The predicted octanol–water partition coefficient (Wildman–Crippen LogP) is 2.70. The van der Waals surface area contributed by atoms with Gasteiger partial charge in [-0.05, 0) is 31.4 Å². The van der Waals surface area contributed by atoms with E-state index in [1.54, 1.807) is 0 Å². The molecule has 1 saturated carbocycles. The molecule has 86 valence electrons. The van der Waals surface area contributed by atoms with E-state index >= 15 is 0 Å². The number of carbonyl (C=O) groups is 1. The average Bonchev–Trinajstić information content (AvgIpc) is 2.74. The Morgan fingerprint density at radius 2 is 2.00 bits per heavy atom. The molecule has 1 amide bonds. The molecule has 2 aliphatic rings. The number of amides is 1. The molecular formula is C11H18BrNOS. The Morgan fingerprint density at radius 3 is 2.67 bits per heavy atom. The van der Waals surface area contributed by atoms with Crippen molar-refractivity contribution < 1.29 is 4.79 Å². The third-order valence-corrected chi connectivity index (χ3v) is 5.70. The van der Waals surface area contributed by atoms with Gasteiger partial charge in [0.1, 0.15) is 0 Å². The maximum atomic E-state index is 11.9. The molecule has 0 radical (unpaired) electrons. The van der Waals surface area contributed by atoms with E-state index in [1.165, 1.54) is 25.7 Å². The van der Waals surface area contributed by atoms with Crippen LogP contribution >= 0.6 is 27.7 Å². The van der Waals surface area contributed by atoms with Crippen molar-refractivity contribution in [2.45, 2.75) is 54.6 Å². The molecular weight excluding hydrogens is 274 g/mol. The van der Waals surface area contributed by atoms with Crippen LogP contribution in [0.1, 0.15) is 38.5 Å². The van der Waals surface area contributed by atoms with Crippen molar-refractivity contribution in [2.75, 3.05) is 5.75 Å². The zero-order chi connectivity index (χ0) is 10.7. The van der Waals surface area contributed by atoms with Crippen LogP contribution in [-0.4, -0.2) is 27.8 Å². The van der Waals surface area contributed by atoms with Crippen molar-refractivity contribution in [3.05, 3.63) is 0 Å². The molecule has 0 aromatic heterocycles. The first kappa shape index (κ1) is 11.8. The van der Waals surface area contributed by atoms with Gasteiger partial charge in [0, 0.05) is 10.9 Å². The SMILES string of the molecule is O=C(NC1CCCCC1Br)C1CCCS1. The highest BCUT2D eigenvalue weighted by Gasteiger charge is 2.29. The summed E-state index contributed by atoms with van der Waals surface area (Å²) in [6.45, 7) is 0. The molecule has 2 rings (SSSR count). The summed E-state index contributed by atoms with van der Waals surface area (Å²) >= 11 is 5.48. The van der Waals surface area contributed by atoms with Gasteiger partial charge in [0.2, 0.25) is 5.91 Å². The molecule has 1 aliphatic carbocycles. The Hall–Kier alpha value is 0.300. The highest BCUT2D eigenvalue weighted by Crippen LogP contribution is 2.28. The quantitative estimate of drug-likeness (QED) is 0.793. The van der Waals surface area contributed by atoms with Gasteiger partial charge in [-0.1, -0.05) is 28.8 Å². The fraction of sp³-hybridized carbons (Fsp3) is 0.909.